The summed E-state index contributed by atoms with van der Waals surface area (Å²) in [5, 5.41) is 4.24. The smallest absolute Gasteiger partial charge is 0.141 e. The van der Waals surface area contributed by atoms with Crippen molar-refractivity contribution in [1.82, 2.24) is 10.3 Å². The first-order valence-corrected chi connectivity index (χ1v) is 7.11. The van der Waals surface area contributed by atoms with Crippen molar-refractivity contribution in [2.75, 3.05) is 0 Å². The van der Waals surface area contributed by atoms with Crippen LogP contribution < -0.4 is 5.32 Å². The molecule has 1 aromatic heterocycles. The predicted molar refractivity (Wildman–Crippen MR) is 80.2 cm³/mol. The van der Waals surface area contributed by atoms with E-state index in [-0.39, 0.29) is 17.9 Å². The molecule has 0 amide bonds. The molecule has 106 valence electrons. The summed E-state index contributed by atoms with van der Waals surface area (Å²) in [5.41, 5.74) is 2.02. The van der Waals surface area contributed by atoms with Gasteiger partial charge >= 0.3 is 0 Å². The highest BCUT2D eigenvalue weighted by Gasteiger charge is 2.14. The van der Waals surface area contributed by atoms with Crippen LogP contribution in [0.5, 0.6) is 0 Å². The van der Waals surface area contributed by atoms with E-state index >= 15 is 0 Å². The zero-order chi connectivity index (χ0) is 14.5. The molecule has 0 fully saturated rings. The fraction of sp³-hybridized carbons (Fsp3) is 0.312. The van der Waals surface area contributed by atoms with Gasteiger partial charge in [-0.25, -0.2) is 4.39 Å². The standard InChI is InChI=1S/C16H18ClFN2/c1-3-15(16-9-8-14(18)10-19-16)20-11(2)12-4-6-13(17)7-5-12/h4-11,15,20H,3H2,1-2H3/t11-,15?/m1/s1. The minimum Gasteiger partial charge on any atom is -0.302 e. The number of nitrogens with zero attached hydrogens (tertiary/aromatic N) is 1. The first kappa shape index (κ1) is 14.9. The number of rotatable bonds is 5. The van der Waals surface area contributed by atoms with Gasteiger partial charge in [-0.1, -0.05) is 30.7 Å². The second-order valence-electron chi connectivity index (χ2n) is 4.80. The quantitative estimate of drug-likeness (QED) is 0.866. The Kier molecular flexibility index (Phi) is 5.10. The van der Waals surface area contributed by atoms with Crippen LogP contribution in [0.2, 0.25) is 5.02 Å². The van der Waals surface area contributed by atoms with Gasteiger partial charge in [0, 0.05) is 17.1 Å². The van der Waals surface area contributed by atoms with Crippen LogP contribution in [0.15, 0.2) is 42.6 Å². The van der Waals surface area contributed by atoms with Crippen molar-refractivity contribution in [3.63, 3.8) is 0 Å². The second-order valence-corrected chi connectivity index (χ2v) is 5.24. The zero-order valence-electron chi connectivity index (χ0n) is 11.6. The maximum Gasteiger partial charge on any atom is 0.141 e. The van der Waals surface area contributed by atoms with Crippen molar-refractivity contribution >= 4 is 11.6 Å². The van der Waals surface area contributed by atoms with Crippen molar-refractivity contribution in [3.05, 3.63) is 64.7 Å². The van der Waals surface area contributed by atoms with Gasteiger partial charge in [0.2, 0.25) is 0 Å². The molecule has 1 N–H and O–H groups in total. The third-order valence-electron chi connectivity index (χ3n) is 3.34. The number of benzene rings is 1. The summed E-state index contributed by atoms with van der Waals surface area (Å²) < 4.78 is 12.9. The van der Waals surface area contributed by atoms with Crippen LogP contribution >= 0.6 is 11.6 Å². The molecule has 1 aromatic carbocycles. The molecule has 2 rings (SSSR count). The molecule has 0 radical (unpaired) electrons. The van der Waals surface area contributed by atoms with Crippen LogP contribution in [0.4, 0.5) is 4.39 Å². The first-order chi connectivity index (χ1) is 9.60. The lowest BCUT2D eigenvalue weighted by Crippen LogP contribution is -2.25. The lowest BCUT2D eigenvalue weighted by atomic mass is 10.0. The lowest BCUT2D eigenvalue weighted by Gasteiger charge is -2.22. The van der Waals surface area contributed by atoms with Crippen LogP contribution in [0.25, 0.3) is 0 Å². The second kappa shape index (κ2) is 6.82. The molecule has 0 aliphatic carbocycles. The summed E-state index contributed by atoms with van der Waals surface area (Å²) in [6, 6.07) is 11.2. The summed E-state index contributed by atoms with van der Waals surface area (Å²) >= 11 is 5.89. The van der Waals surface area contributed by atoms with Gasteiger partial charge in [-0.3, -0.25) is 4.98 Å². The highest BCUT2D eigenvalue weighted by Crippen LogP contribution is 2.22. The van der Waals surface area contributed by atoms with Gasteiger partial charge in [0.1, 0.15) is 5.82 Å². The lowest BCUT2D eigenvalue weighted by molar-refractivity contribution is 0.447. The molecule has 0 saturated carbocycles. The molecule has 2 nitrogen and oxygen atoms in total. The number of aromatic nitrogens is 1. The summed E-state index contributed by atoms with van der Waals surface area (Å²) in [7, 11) is 0. The summed E-state index contributed by atoms with van der Waals surface area (Å²) in [4.78, 5) is 4.15. The van der Waals surface area contributed by atoms with Crippen molar-refractivity contribution in [3.8, 4) is 0 Å². The zero-order valence-corrected chi connectivity index (χ0v) is 12.4. The Labute approximate surface area is 124 Å². The Morgan fingerprint density at radius 2 is 1.90 bits per heavy atom. The van der Waals surface area contributed by atoms with Gasteiger partial charge in [0.05, 0.1) is 11.9 Å². The minimum atomic E-state index is -0.311. The largest absolute Gasteiger partial charge is 0.302 e. The molecule has 1 unspecified atom stereocenters. The van der Waals surface area contributed by atoms with E-state index in [1.54, 1.807) is 6.07 Å². The maximum atomic E-state index is 12.9. The fourth-order valence-electron chi connectivity index (χ4n) is 2.16. The number of hydrogen-bond donors (Lipinski definition) is 1. The summed E-state index contributed by atoms with van der Waals surface area (Å²) in [6.07, 6.45) is 2.14. The van der Waals surface area contributed by atoms with Gasteiger partial charge in [0.25, 0.3) is 0 Å². The van der Waals surface area contributed by atoms with Crippen LogP contribution in [0, 0.1) is 5.82 Å². The highest BCUT2D eigenvalue weighted by molar-refractivity contribution is 6.30. The molecule has 0 aliphatic heterocycles. The topological polar surface area (TPSA) is 24.9 Å². The molecular weight excluding hydrogens is 275 g/mol. The van der Waals surface area contributed by atoms with Gasteiger partial charge in [-0.2, -0.15) is 0 Å². The van der Waals surface area contributed by atoms with Crippen LogP contribution in [-0.2, 0) is 0 Å². The molecule has 4 heteroatoms. The fourth-order valence-corrected chi connectivity index (χ4v) is 2.28. The van der Waals surface area contributed by atoms with Crippen molar-refractivity contribution in [2.45, 2.75) is 32.4 Å². The molecule has 0 saturated heterocycles. The summed E-state index contributed by atoms with van der Waals surface area (Å²) in [6.45, 7) is 4.17. The molecule has 0 spiro atoms. The monoisotopic (exact) mass is 292 g/mol. The Balaban J connectivity index is 2.09. The minimum absolute atomic E-state index is 0.0984. The van der Waals surface area contributed by atoms with Gasteiger partial charge in [-0.15, -0.1) is 0 Å². The Morgan fingerprint density at radius 1 is 1.20 bits per heavy atom. The highest BCUT2D eigenvalue weighted by atomic mass is 35.5. The molecular formula is C16H18ClFN2. The van der Waals surface area contributed by atoms with Crippen molar-refractivity contribution < 1.29 is 4.39 Å². The van der Waals surface area contributed by atoms with Gasteiger partial charge < -0.3 is 5.32 Å². The Bertz CT molecular complexity index is 539. The van der Waals surface area contributed by atoms with E-state index in [0.29, 0.717) is 0 Å². The molecule has 2 aromatic rings. The Morgan fingerprint density at radius 3 is 2.45 bits per heavy atom. The van der Waals surface area contributed by atoms with E-state index in [9.17, 15) is 4.39 Å². The third kappa shape index (κ3) is 3.78. The van der Waals surface area contributed by atoms with E-state index in [1.807, 2.05) is 24.3 Å². The average molecular weight is 293 g/mol. The van der Waals surface area contributed by atoms with E-state index in [1.165, 1.54) is 12.3 Å². The average Bonchev–Trinajstić information content (AvgIpc) is 2.46. The first-order valence-electron chi connectivity index (χ1n) is 6.73. The molecule has 0 bridgehead atoms. The van der Waals surface area contributed by atoms with E-state index in [2.05, 4.69) is 24.1 Å². The molecule has 20 heavy (non-hydrogen) atoms. The molecule has 2 atom stereocenters. The number of pyridine rings is 1. The predicted octanol–water partition coefficient (Wildman–Crippen LogP) is 4.68. The maximum absolute atomic E-state index is 12.9. The van der Waals surface area contributed by atoms with Crippen LogP contribution in [-0.4, -0.2) is 4.98 Å². The SMILES string of the molecule is CCC(N[C@H](C)c1ccc(Cl)cc1)c1ccc(F)cn1. The van der Waals surface area contributed by atoms with Crippen molar-refractivity contribution in [2.24, 2.45) is 0 Å². The van der Waals surface area contributed by atoms with Crippen LogP contribution in [0.1, 0.15) is 43.6 Å². The van der Waals surface area contributed by atoms with Crippen molar-refractivity contribution in [1.29, 1.82) is 0 Å². The number of nitrogens with one attached hydrogen (secondary N) is 1. The third-order valence-corrected chi connectivity index (χ3v) is 3.59. The van der Waals surface area contributed by atoms with E-state index < -0.39 is 0 Å². The molecule has 0 aliphatic rings. The van der Waals surface area contributed by atoms with Gasteiger partial charge in [0.15, 0.2) is 0 Å². The van der Waals surface area contributed by atoms with E-state index in [4.69, 9.17) is 11.6 Å². The number of halogens is 2. The molecule has 1 heterocycles. The normalized spacial score (nSPS) is 14.0. The Hall–Kier alpha value is -1.45. The van der Waals surface area contributed by atoms with Crippen LogP contribution in [0.3, 0.4) is 0 Å². The van der Waals surface area contributed by atoms with Gasteiger partial charge in [-0.05, 0) is 43.2 Å². The number of hydrogen-bond acceptors (Lipinski definition) is 2. The van der Waals surface area contributed by atoms with E-state index in [0.717, 1.165) is 22.7 Å². The summed E-state index contributed by atoms with van der Waals surface area (Å²) in [5.74, 6) is -0.311.